The minimum Gasteiger partial charge on any atom is -0.504 e. The molecule has 0 radical (unpaired) electrons. The van der Waals surface area contributed by atoms with Gasteiger partial charge in [0.2, 0.25) is 0 Å². The number of hydrogen-bond acceptors (Lipinski definition) is 5. The van der Waals surface area contributed by atoms with Gasteiger partial charge in [0, 0.05) is 11.1 Å². The van der Waals surface area contributed by atoms with E-state index in [-0.39, 0.29) is 11.3 Å². The number of amides is 1. The Labute approximate surface area is 108 Å². The maximum atomic E-state index is 11.8. The van der Waals surface area contributed by atoms with Gasteiger partial charge in [-0.2, -0.15) is 0 Å². The second kappa shape index (κ2) is 5.05. The first-order valence-electron chi connectivity index (χ1n) is 5.28. The molecule has 0 spiro atoms. The Morgan fingerprint density at radius 3 is 2.89 bits per heavy atom. The molecule has 3 N–H and O–H groups in total. The van der Waals surface area contributed by atoms with Gasteiger partial charge in [0.25, 0.3) is 5.91 Å². The van der Waals surface area contributed by atoms with Crippen molar-refractivity contribution in [2.75, 3.05) is 0 Å². The lowest BCUT2D eigenvalue weighted by atomic mass is 10.1. The molecule has 2 aromatic rings. The first-order chi connectivity index (χ1) is 8.58. The van der Waals surface area contributed by atoms with Crippen LogP contribution >= 0.6 is 11.3 Å². The third-order valence-corrected chi connectivity index (χ3v) is 3.26. The molecular formula is C12H12N2O3S. The Hall–Kier alpha value is -2.08. The van der Waals surface area contributed by atoms with E-state index in [1.807, 2.05) is 6.92 Å². The molecule has 1 amide bonds. The molecule has 0 aliphatic heterocycles. The van der Waals surface area contributed by atoms with E-state index in [9.17, 15) is 15.0 Å². The largest absolute Gasteiger partial charge is 0.504 e. The van der Waals surface area contributed by atoms with Crippen LogP contribution in [0.5, 0.6) is 11.5 Å². The van der Waals surface area contributed by atoms with Crippen molar-refractivity contribution in [3.05, 3.63) is 39.8 Å². The number of thiazole rings is 1. The predicted octanol–water partition coefficient (Wildman–Crippen LogP) is 1.79. The average molecular weight is 264 g/mol. The smallest absolute Gasteiger partial charge is 0.255 e. The van der Waals surface area contributed by atoms with Crippen LogP contribution < -0.4 is 5.32 Å². The molecule has 0 saturated heterocycles. The number of aromatic hydroxyl groups is 2. The van der Waals surface area contributed by atoms with Gasteiger partial charge in [-0.3, -0.25) is 4.79 Å². The number of carbonyl (C=O) groups excluding carboxylic acids is 1. The Kier molecular flexibility index (Phi) is 3.47. The summed E-state index contributed by atoms with van der Waals surface area (Å²) in [5.41, 5.74) is 0.0521. The number of aryl methyl sites for hydroxylation is 1. The maximum Gasteiger partial charge on any atom is 0.255 e. The molecule has 0 atom stereocenters. The fraction of sp³-hybridized carbons (Fsp3) is 0.167. The molecule has 6 heteroatoms. The quantitative estimate of drug-likeness (QED) is 0.738. The van der Waals surface area contributed by atoms with Crippen LogP contribution in [0.3, 0.4) is 0 Å². The van der Waals surface area contributed by atoms with E-state index in [1.54, 1.807) is 6.20 Å². The summed E-state index contributed by atoms with van der Waals surface area (Å²) in [6.07, 6.45) is 1.70. The van der Waals surface area contributed by atoms with E-state index in [2.05, 4.69) is 10.3 Å². The van der Waals surface area contributed by atoms with Crippen molar-refractivity contribution in [1.82, 2.24) is 10.3 Å². The highest BCUT2D eigenvalue weighted by Crippen LogP contribution is 2.28. The van der Waals surface area contributed by atoms with E-state index >= 15 is 0 Å². The monoisotopic (exact) mass is 264 g/mol. The molecule has 0 fully saturated rings. The van der Waals surface area contributed by atoms with Gasteiger partial charge in [-0.05, 0) is 19.1 Å². The third kappa shape index (κ3) is 2.60. The van der Waals surface area contributed by atoms with Gasteiger partial charge in [0.1, 0.15) is 0 Å². The van der Waals surface area contributed by atoms with Crippen LogP contribution in [0, 0.1) is 6.92 Å². The van der Waals surface area contributed by atoms with Crippen LogP contribution in [0.4, 0.5) is 0 Å². The minimum atomic E-state index is -0.436. The molecule has 0 aliphatic carbocycles. The van der Waals surface area contributed by atoms with Crippen molar-refractivity contribution in [1.29, 1.82) is 0 Å². The third-order valence-electron chi connectivity index (χ3n) is 2.35. The molecule has 1 heterocycles. The van der Waals surface area contributed by atoms with E-state index in [1.165, 1.54) is 29.5 Å². The maximum absolute atomic E-state index is 11.8. The number of hydrogen-bond donors (Lipinski definition) is 3. The van der Waals surface area contributed by atoms with Crippen LogP contribution in [0.1, 0.15) is 20.2 Å². The van der Waals surface area contributed by atoms with Crippen molar-refractivity contribution >= 4 is 17.2 Å². The zero-order valence-electron chi connectivity index (χ0n) is 9.67. The van der Waals surface area contributed by atoms with Gasteiger partial charge in [0.15, 0.2) is 11.5 Å². The molecule has 94 valence electrons. The van der Waals surface area contributed by atoms with E-state index in [0.717, 1.165) is 9.88 Å². The topological polar surface area (TPSA) is 82.5 Å². The number of para-hydroxylation sites is 1. The summed E-state index contributed by atoms with van der Waals surface area (Å²) in [6.45, 7) is 2.23. The van der Waals surface area contributed by atoms with Crippen molar-refractivity contribution in [3.63, 3.8) is 0 Å². The standard InChI is InChI=1S/C12H12N2O3S/c1-7-13-5-8(18-7)6-14-12(17)9-3-2-4-10(15)11(9)16/h2-5,15-16H,6H2,1H3,(H,14,17). The lowest BCUT2D eigenvalue weighted by molar-refractivity contribution is 0.0948. The number of benzene rings is 1. The molecule has 2 rings (SSSR count). The fourth-order valence-electron chi connectivity index (χ4n) is 1.46. The molecule has 0 saturated carbocycles. The summed E-state index contributed by atoms with van der Waals surface area (Å²) in [7, 11) is 0. The molecule has 1 aromatic heterocycles. The highest BCUT2D eigenvalue weighted by Gasteiger charge is 2.13. The Morgan fingerprint density at radius 2 is 2.22 bits per heavy atom. The Bertz CT molecular complexity index is 580. The first-order valence-corrected chi connectivity index (χ1v) is 6.10. The zero-order valence-corrected chi connectivity index (χ0v) is 10.5. The van der Waals surface area contributed by atoms with Crippen LogP contribution in [-0.4, -0.2) is 21.1 Å². The van der Waals surface area contributed by atoms with E-state index in [0.29, 0.717) is 6.54 Å². The van der Waals surface area contributed by atoms with Crippen LogP contribution in [0.25, 0.3) is 0 Å². The molecule has 1 aromatic carbocycles. The van der Waals surface area contributed by atoms with Gasteiger partial charge in [-0.1, -0.05) is 6.07 Å². The highest BCUT2D eigenvalue weighted by atomic mass is 32.1. The van der Waals surface area contributed by atoms with Crippen LogP contribution in [-0.2, 0) is 6.54 Å². The number of rotatable bonds is 3. The van der Waals surface area contributed by atoms with Gasteiger partial charge in [-0.15, -0.1) is 11.3 Å². The normalized spacial score (nSPS) is 10.3. The summed E-state index contributed by atoms with van der Waals surface area (Å²) in [6, 6.07) is 4.27. The van der Waals surface area contributed by atoms with Crippen LogP contribution in [0.15, 0.2) is 24.4 Å². The molecular weight excluding hydrogens is 252 g/mol. The molecule has 0 bridgehead atoms. The Morgan fingerprint density at radius 1 is 1.44 bits per heavy atom. The number of nitrogens with one attached hydrogen (secondary N) is 1. The number of phenolic OH excluding ortho intramolecular Hbond substituents is 2. The SMILES string of the molecule is Cc1ncc(CNC(=O)c2cccc(O)c2O)s1. The second-order valence-corrected chi connectivity index (χ2v) is 5.02. The first kappa shape index (κ1) is 12.4. The fourth-order valence-corrected chi connectivity index (χ4v) is 2.20. The number of nitrogens with zero attached hydrogens (tertiary/aromatic N) is 1. The minimum absolute atomic E-state index is 0.0521. The van der Waals surface area contributed by atoms with Gasteiger partial charge in [0.05, 0.1) is 17.1 Å². The van der Waals surface area contributed by atoms with Crippen LogP contribution in [0.2, 0.25) is 0 Å². The number of aromatic nitrogens is 1. The summed E-state index contributed by atoms with van der Waals surface area (Å²) in [5.74, 6) is -1.15. The van der Waals surface area contributed by atoms with Crippen molar-refractivity contribution < 1.29 is 15.0 Å². The van der Waals surface area contributed by atoms with Crippen molar-refractivity contribution in [3.8, 4) is 11.5 Å². The molecule has 18 heavy (non-hydrogen) atoms. The molecule has 0 aliphatic rings. The Balaban J connectivity index is 2.06. The average Bonchev–Trinajstić information content (AvgIpc) is 2.76. The second-order valence-electron chi connectivity index (χ2n) is 3.70. The summed E-state index contributed by atoms with van der Waals surface area (Å²) >= 11 is 1.49. The van der Waals surface area contributed by atoms with Crippen molar-refractivity contribution in [2.24, 2.45) is 0 Å². The summed E-state index contributed by atoms with van der Waals surface area (Å²) in [5, 5.41) is 22.4. The van der Waals surface area contributed by atoms with Gasteiger partial charge < -0.3 is 15.5 Å². The lowest BCUT2D eigenvalue weighted by Crippen LogP contribution is -2.22. The van der Waals surface area contributed by atoms with E-state index in [4.69, 9.17) is 0 Å². The lowest BCUT2D eigenvalue weighted by Gasteiger charge is -2.06. The number of phenols is 2. The predicted molar refractivity (Wildman–Crippen MR) is 67.8 cm³/mol. The number of carbonyl (C=O) groups is 1. The zero-order chi connectivity index (χ0) is 13.1. The highest BCUT2D eigenvalue weighted by molar-refractivity contribution is 7.11. The summed E-state index contributed by atoms with van der Waals surface area (Å²) < 4.78 is 0. The van der Waals surface area contributed by atoms with E-state index < -0.39 is 11.7 Å². The van der Waals surface area contributed by atoms with Gasteiger partial charge in [-0.25, -0.2) is 4.98 Å². The van der Waals surface area contributed by atoms with Gasteiger partial charge >= 0.3 is 0 Å². The molecule has 5 nitrogen and oxygen atoms in total. The van der Waals surface area contributed by atoms with Crippen molar-refractivity contribution in [2.45, 2.75) is 13.5 Å². The molecule has 0 unspecified atom stereocenters. The summed E-state index contributed by atoms with van der Waals surface area (Å²) in [4.78, 5) is 16.8.